The minimum atomic E-state index is -0.568. The molecule has 21 heavy (non-hydrogen) atoms. The summed E-state index contributed by atoms with van der Waals surface area (Å²) in [6, 6.07) is 5.60. The second-order valence-electron chi connectivity index (χ2n) is 5.73. The fourth-order valence-corrected chi connectivity index (χ4v) is 2.23. The van der Waals surface area contributed by atoms with Crippen LogP contribution in [0.3, 0.4) is 0 Å². The van der Waals surface area contributed by atoms with E-state index in [0.717, 1.165) is 27.6 Å². The van der Waals surface area contributed by atoms with Gasteiger partial charge >= 0.3 is 0 Å². The smallest absolute Gasteiger partial charge is 0.185 e. The first kappa shape index (κ1) is 15.3. The third-order valence-corrected chi connectivity index (χ3v) is 3.45. The van der Waals surface area contributed by atoms with Crippen molar-refractivity contribution in [2.75, 3.05) is 0 Å². The second-order valence-corrected chi connectivity index (χ2v) is 5.73. The molecule has 3 heteroatoms. The summed E-state index contributed by atoms with van der Waals surface area (Å²) in [5.74, 6) is 0.00417. The molecule has 0 aliphatic carbocycles. The molecule has 1 atom stereocenters. The lowest BCUT2D eigenvalue weighted by Crippen LogP contribution is -2.10. The van der Waals surface area contributed by atoms with E-state index in [-0.39, 0.29) is 5.78 Å². The van der Waals surface area contributed by atoms with Gasteiger partial charge in [-0.25, -0.2) is 0 Å². The molecular weight excluding hydrogens is 262 g/mol. The van der Waals surface area contributed by atoms with Crippen LogP contribution in [0.2, 0.25) is 0 Å². The van der Waals surface area contributed by atoms with Crippen molar-refractivity contribution in [2.45, 2.75) is 33.3 Å². The number of ketones is 1. The SMILES string of the molecule is C=C(C)[C@H](O)Cc1c[nH]c2ccc(C(=O)C=C(C)C)cc12. The lowest BCUT2D eigenvalue weighted by Gasteiger charge is -2.09. The third-order valence-electron chi connectivity index (χ3n) is 3.45. The lowest BCUT2D eigenvalue weighted by molar-refractivity contribution is 0.104. The molecule has 0 saturated carbocycles. The molecular formula is C18H21NO2. The molecule has 0 unspecified atom stereocenters. The van der Waals surface area contributed by atoms with Gasteiger partial charge in [-0.3, -0.25) is 4.79 Å². The van der Waals surface area contributed by atoms with E-state index >= 15 is 0 Å². The third kappa shape index (κ3) is 3.50. The Balaban J connectivity index is 2.39. The highest BCUT2D eigenvalue weighted by molar-refractivity contribution is 6.07. The summed E-state index contributed by atoms with van der Waals surface area (Å²) in [6.45, 7) is 9.39. The molecule has 1 aromatic carbocycles. The zero-order valence-electron chi connectivity index (χ0n) is 12.7. The monoisotopic (exact) mass is 283 g/mol. The molecule has 0 fully saturated rings. The standard InChI is InChI=1S/C18H21NO2/c1-11(2)7-18(21)13-5-6-16-15(8-13)14(10-19-16)9-17(20)12(3)4/h5-8,10,17,19-20H,3,9H2,1-2,4H3/t17-/m1/s1. The molecule has 2 rings (SSSR count). The molecule has 0 amide bonds. The molecule has 110 valence electrons. The van der Waals surface area contributed by atoms with E-state index in [9.17, 15) is 9.90 Å². The van der Waals surface area contributed by atoms with E-state index in [4.69, 9.17) is 0 Å². The van der Waals surface area contributed by atoms with Crippen LogP contribution >= 0.6 is 0 Å². The van der Waals surface area contributed by atoms with Gasteiger partial charge in [0.2, 0.25) is 0 Å². The van der Waals surface area contributed by atoms with Crippen molar-refractivity contribution in [3.8, 4) is 0 Å². The van der Waals surface area contributed by atoms with Crippen molar-refractivity contribution in [1.29, 1.82) is 0 Å². The van der Waals surface area contributed by atoms with Crippen molar-refractivity contribution in [2.24, 2.45) is 0 Å². The first-order chi connectivity index (χ1) is 9.88. The number of carbonyl (C=O) groups is 1. The van der Waals surface area contributed by atoms with Crippen LogP contribution in [0.4, 0.5) is 0 Å². The highest BCUT2D eigenvalue weighted by atomic mass is 16.3. The van der Waals surface area contributed by atoms with Gasteiger partial charge in [-0.05, 0) is 50.6 Å². The topological polar surface area (TPSA) is 53.1 Å². The van der Waals surface area contributed by atoms with Crippen LogP contribution in [0.25, 0.3) is 10.9 Å². The van der Waals surface area contributed by atoms with Gasteiger partial charge in [-0.1, -0.05) is 17.7 Å². The minimum absolute atomic E-state index is 0.00417. The van der Waals surface area contributed by atoms with Crippen LogP contribution in [-0.2, 0) is 6.42 Å². The number of aliphatic hydroxyl groups is 1. The summed E-state index contributed by atoms with van der Waals surface area (Å²) in [5, 5.41) is 10.9. The van der Waals surface area contributed by atoms with Crippen molar-refractivity contribution in [3.05, 3.63) is 59.3 Å². The highest BCUT2D eigenvalue weighted by Crippen LogP contribution is 2.22. The number of hydrogen-bond donors (Lipinski definition) is 2. The Kier molecular flexibility index (Phi) is 4.43. The highest BCUT2D eigenvalue weighted by Gasteiger charge is 2.12. The summed E-state index contributed by atoms with van der Waals surface area (Å²) in [6.07, 6.45) is 3.44. The van der Waals surface area contributed by atoms with Gasteiger partial charge in [0.1, 0.15) is 0 Å². The molecule has 1 aromatic heterocycles. The van der Waals surface area contributed by atoms with Crippen LogP contribution in [0.1, 0.15) is 36.7 Å². The predicted octanol–water partition coefficient (Wildman–Crippen LogP) is 3.80. The van der Waals surface area contributed by atoms with Gasteiger partial charge in [0.15, 0.2) is 5.78 Å². The summed E-state index contributed by atoms with van der Waals surface area (Å²) >= 11 is 0. The molecule has 1 heterocycles. The Hall–Kier alpha value is -2.13. The number of fused-ring (bicyclic) bond motifs is 1. The van der Waals surface area contributed by atoms with Crippen molar-refractivity contribution >= 4 is 16.7 Å². The number of nitrogens with one attached hydrogen (secondary N) is 1. The number of aromatic nitrogens is 1. The van der Waals surface area contributed by atoms with Crippen molar-refractivity contribution in [3.63, 3.8) is 0 Å². The second kappa shape index (κ2) is 6.10. The molecule has 0 radical (unpaired) electrons. The van der Waals surface area contributed by atoms with Gasteiger partial charge in [-0.15, -0.1) is 0 Å². The van der Waals surface area contributed by atoms with Gasteiger partial charge in [0, 0.05) is 29.1 Å². The number of aliphatic hydroxyl groups excluding tert-OH is 1. The molecule has 3 nitrogen and oxygen atoms in total. The Labute approximate surface area is 125 Å². The quantitative estimate of drug-likeness (QED) is 0.498. The van der Waals surface area contributed by atoms with Crippen LogP contribution in [0.5, 0.6) is 0 Å². The van der Waals surface area contributed by atoms with Gasteiger partial charge in [-0.2, -0.15) is 0 Å². The van der Waals surface area contributed by atoms with Gasteiger partial charge in [0.25, 0.3) is 0 Å². The van der Waals surface area contributed by atoms with Gasteiger partial charge < -0.3 is 10.1 Å². The average Bonchev–Trinajstić information content (AvgIpc) is 2.80. The number of rotatable bonds is 5. The summed E-state index contributed by atoms with van der Waals surface area (Å²) in [4.78, 5) is 15.3. The maximum atomic E-state index is 12.1. The van der Waals surface area contributed by atoms with E-state index < -0.39 is 6.10 Å². The Morgan fingerprint density at radius 1 is 1.38 bits per heavy atom. The van der Waals surface area contributed by atoms with E-state index in [0.29, 0.717) is 12.0 Å². The van der Waals surface area contributed by atoms with E-state index in [2.05, 4.69) is 11.6 Å². The number of hydrogen-bond acceptors (Lipinski definition) is 2. The average molecular weight is 283 g/mol. The Morgan fingerprint density at radius 3 is 2.71 bits per heavy atom. The number of H-pyrrole nitrogens is 1. The molecule has 0 bridgehead atoms. The van der Waals surface area contributed by atoms with Crippen molar-refractivity contribution < 1.29 is 9.90 Å². The van der Waals surface area contributed by atoms with Crippen LogP contribution < -0.4 is 0 Å². The van der Waals surface area contributed by atoms with E-state index in [1.54, 1.807) is 6.08 Å². The molecule has 0 aliphatic rings. The first-order valence-electron chi connectivity index (χ1n) is 7.01. The maximum Gasteiger partial charge on any atom is 0.185 e. The van der Waals surface area contributed by atoms with Crippen molar-refractivity contribution in [1.82, 2.24) is 4.98 Å². The van der Waals surface area contributed by atoms with Gasteiger partial charge in [0.05, 0.1) is 6.10 Å². The van der Waals surface area contributed by atoms with E-state index in [1.165, 1.54) is 0 Å². The largest absolute Gasteiger partial charge is 0.388 e. The number of aromatic amines is 1. The molecule has 0 spiro atoms. The Bertz CT molecular complexity index is 718. The summed E-state index contributed by atoms with van der Waals surface area (Å²) in [5.41, 5.74) is 4.34. The summed E-state index contributed by atoms with van der Waals surface area (Å²) in [7, 11) is 0. The zero-order chi connectivity index (χ0) is 15.6. The molecule has 0 aliphatic heterocycles. The Morgan fingerprint density at radius 2 is 2.10 bits per heavy atom. The normalized spacial score (nSPS) is 12.2. The predicted molar refractivity (Wildman–Crippen MR) is 86.6 cm³/mol. The minimum Gasteiger partial charge on any atom is -0.388 e. The van der Waals surface area contributed by atoms with Crippen LogP contribution in [-0.4, -0.2) is 22.0 Å². The molecule has 0 saturated heterocycles. The lowest BCUT2D eigenvalue weighted by atomic mass is 10.0. The van der Waals surface area contributed by atoms with E-state index in [1.807, 2.05) is 45.2 Å². The fourth-order valence-electron chi connectivity index (χ4n) is 2.23. The first-order valence-corrected chi connectivity index (χ1v) is 7.01. The molecule has 2 N–H and O–H groups in total. The van der Waals surface area contributed by atoms with Crippen LogP contribution in [0.15, 0.2) is 48.2 Å². The van der Waals surface area contributed by atoms with Crippen LogP contribution in [0, 0.1) is 0 Å². The fraction of sp³-hybridized carbons (Fsp3) is 0.278. The number of benzene rings is 1. The summed E-state index contributed by atoms with van der Waals surface area (Å²) < 4.78 is 0. The number of allylic oxidation sites excluding steroid dienone is 2. The number of carbonyl (C=O) groups excluding carboxylic acids is 1. The molecule has 2 aromatic rings. The maximum absolute atomic E-state index is 12.1. The zero-order valence-corrected chi connectivity index (χ0v) is 12.7.